The molecule has 2 rings (SSSR count). The summed E-state index contributed by atoms with van der Waals surface area (Å²) in [6, 6.07) is 9.29. The second-order valence-electron chi connectivity index (χ2n) is 3.59. The molecule has 1 aromatic carbocycles. The number of oxime groups is 1. The van der Waals surface area contributed by atoms with Crippen LogP contribution in [0.2, 0.25) is 0 Å². The van der Waals surface area contributed by atoms with Gasteiger partial charge in [0.05, 0.1) is 26.1 Å². The van der Waals surface area contributed by atoms with Crippen molar-refractivity contribution in [2.75, 3.05) is 14.2 Å². The van der Waals surface area contributed by atoms with Crippen molar-refractivity contribution < 1.29 is 14.7 Å². The van der Waals surface area contributed by atoms with Crippen molar-refractivity contribution in [3.63, 3.8) is 0 Å². The van der Waals surface area contributed by atoms with E-state index in [1.165, 1.54) is 6.21 Å². The molecule has 0 unspecified atom stereocenters. The van der Waals surface area contributed by atoms with Crippen LogP contribution in [0.25, 0.3) is 5.69 Å². The first-order chi connectivity index (χ1) is 8.80. The van der Waals surface area contributed by atoms with Crippen LogP contribution in [0.4, 0.5) is 0 Å². The third kappa shape index (κ3) is 2.15. The van der Waals surface area contributed by atoms with E-state index in [-0.39, 0.29) is 0 Å². The maximum Gasteiger partial charge on any atom is 0.162 e. The maximum atomic E-state index is 8.60. The number of hydrogen-bond donors (Lipinski definition) is 1. The summed E-state index contributed by atoms with van der Waals surface area (Å²) < 4.78 is 12.3. The van der Waals surface area contributed by atoms with Crippen LogP contribution in [0.3, 0.4) is 0 Å². The summed E-state index contributed by atoms with van der Waals surface area (Å²) in [6.07, 6.45) is 3.25. The molecular formula is C13H14N2O3. The molecule has 18 heavy (non-hydrogen) atoms. The van der Waals surface area contributed by atoms with Gasteiger partial charge in [-0.25, -0.2) is 0 Å². The second-order valence-corrected chi connectivity index (χ2v) is 3.59. The minimum absolute atomic E-state index is 0.649. The van der Waals surface area contributed by atoms with Gasteiger partial charge < -0.3 is 19.2 Å². The maximum absolute atomic E-state index is 8.60. The van der Waals surface area contributed by atoms with Crippen LogP contribution in [0.1, 0.15) is 5.69 Å². The highest BCUT2D eigenvalue weighted by molar-refractivity contribution is 5.78. The summed E-state index contributed by atoms with van der Waals surface area (Å²) in [6.45, 7) is 0. The average molecular weight is 246 g/mol. The molecular weight excluding hydrogens is 232 g/mol. The third-order valence-corrected chi connectivity index (χ3v) is 2.62. The molecule has 0 spiro atoms. The van der Waals surface area contributed by atoms with Crippen LogP contribution in [-0.2, 0) is 0 Å². The molecule has 0 aliphatic heterocycles. The van der Waals surface area contributed by atoms with Gasteiger partial charge in [-0.3, -0.25) is 0 Å². The number of benzene rings is 1. The van der Waals surface area contributed by atoms with Crippen LogP contribution >= 0.6 is 0 Å². The lowest BCUT2D eigenvalue weighted by atomic mass is 10.2. The largest absolute Gasteiger partial charge is 0.493 e. The summed E-state index contributed by atoms with van der Waals surface area (Å²) in [4.78, 5) is 0. The van der Waals surface area contributed by atoms with Crippen molar-refractivity contribution in [1.82, 2.24) is 4.57 Å². The lowest BCUT2D eigenvalue weighted by Crippen LogP contribution is -1.99. The van der Waals surface area contributed by atoms with E-state index in [0.29, 0.717) is 11.5 Å². The Labute approximate surface area is 105 Å². The first kappa shape index (κ1) is 12.0. The van der Waals surface area contributed by atoms with E-state index < -0.39 is 0 Å². The van der Waals surface area contributed by atoms with E-state index in [2.05, 4.69) is 5.16 Å². The average Bonchev–Trinajstić information content (AvgIpc) is 2.86. The fraction of sp³-hybridized carbons (Fsp3) is 0.154. The summed E-state index contributed by atoms with van der Waals surface area (Å²) in [7, 11) is 3.18. The van der Waals surface area contributed by atoms with E-state index in [9.17, 15) is 0 Å². The lowest BCUT2D eigenvalue weighted by molar-refractivity contribution is 0.321. The standard InChI is InChI=1S/C13H14N2O3/c1-17-12-6-5-10(8-13(12)18-2)15-7-3-4-11(15)9-14-16/h3-9,16H,1-2H3. The molecule has 5 nitrogen and oxygen atoms in total. The number of hydrogen-bond acceptors (Lipinski definition) is 4. The number of rotatable bonds is 4. The number of aromatic nitrogens is 1. The van der Waals surface area contributed by atoms with Gasteiger partial charge in [-0.1, -0.05) is 5.16 Å². The van der Waals surface area contributed by atoms with Crippen LogP contribution in [0.5, 0.6) is 11.5 Å². The van der Waals surface area contributed by atoms with Gasteiger partial charge in [-0.05, 0) is 24.3 Å². The Kier molecular flexibility index (Phi) is 3.52. The van der Waals surface area contributed by atoms with Gasteiger partial charge in [0.1, 0.15) is 0 Å². The van der Waals surface area contributed by atoms with E-state index in [4.69, 9.17) is 14.7 Å². The van der Waals surface area contributed by atoms with Gasteiger partial charge in [0, 0.05) is 18.0 Å². The van der Waals surface area contributed by atoms with Crippen molar-refractivity contribution in [3.8, 4) is 17.2 Å². The highest BCUT2D eigenvalue weighted by Gasteiger charge is 2.07. The van der Waals surface area contributed by atoms with E-state index >= 15 is 0 Å². The van der Waals surface area contributed by atoms with Crippen LogP contribution < -0.4 is 9.47 Å². The van der Waals surface area contributed by atoms with Crippen molar-refractivity contribution in [3.05, 3.63) is 42.2 Å². The Balaban J connectivity index is 2.47. The molecule has 0 bridgehead atoms. The molecule has 1 heterocycles. The first-order valence-electron chi connectivity index (χ1n) is 5.37. The summed E-state index contributed by atoms with van der Waals surface area (Å²) in [5, 5.41) is 11.6. The fourth-order valence-electron chi connectivity index (χ4n) is 1.77. The molecule has 1 aromatic heterocycles. The van der Waals surface area contributed by atoms with Crippen LogP contribution in [0.15, 0.2) is 41.7 Å². The SMILES string of the molecule is COc1ccc(-n2cccc2C=NO)cc1OC. The molecule has 0 fully saturated rings. The van der Waals surface area contributed by atoms with Crippen molar-refractivity contribution in [2.24, 2.45) is 5.16 Å². The van der Waals surface area contributed by atoms with E-state index in [0.717, 1.165) is 11.4 Å². The minimum Gasteiger partial charge on any atom is -0.493 e. The zero-order chi connectivity index (χ0) is 13.0. The Morgan fingerprint density at radius 1 is 1.17 bits per heavy atom. The predicted molar refractivity (Wildman–Crippen MR) is 68.3 cm³/mol. The van der Waals surface area contributed by atoms with Gasteiger partial charge in [0.15, 0.2) is 11.5 Å². The van der Waals surface area contributed by atoms with Gasteiger partial charge in [-0.2, -0.15) is 0 Å². The molecule has 0 aliphatic carbocycles. The Morgan fingerprint density at radius 3 is 2.61 bits per heavy atom. The monoisotopic (exact) mass is 246 g/mol. The Bertz CT molecular complexity index is 561. The topological polar surface area (TPSA) is 56.0 Å². The minimum atomic E-state index is 0.649. The first-order valence-corrected chi connectivity index (χ1v) is 5.37. The normalized spacial score (nSPS) is 10.8. The number of methoxy groups -OCH3 is 2. The summed E-state index contributed by atoms with van der Waals surface area (Å²) in [5.74, 6) is 1.32. The number of ether oxygens (including phenoxy) is 2. The molecule has 5 heteroatoms. The zero-order valence-corrected chi connectivity index (χ0v) is 10.2. The van der Waals surface area contributed by atoms with Gasteiger partial charge in [0.2, 0.25) is 0 Å². The van der Waals surface area contributed by atoms with E-state index in [1.54, 1.807) is 14.2 Å². The molecule has 0 saturated carbocycles. The molecule has 0 atom stereocenters. The van der Waals surface area contributed by atoms with Crippen LogP contribution in [-0.4, -0.2) is 30.2 Å². The molecule has 0 radical (unpaired) electrons. The molecule has 0 aliphatic rings. The highest BCUT2D eigenvalue weighted by Crippen LogP contribution is 2.29. The quantitative estimate of drug-likeness (QED) is 0.511. The second kappa shape index (κ2) is 5.27. The lowest BCUT2D eigenvalue weighted by Gasteiger charge is -2.11. The Morgan fingerprint density at radius 2 is 1.94 bits per heavy atom. The van der Waals surface area contributed by atoms with Crippen molar-refractivity contribution in [1.29, 1.82) is 0 Å². The molecule has 2 aromatic rings. The predicted octanol–water partition coefficient (Wildman–Crippen LogP) is 2.30. The van der Waals surface area contributed by atoms with Gasteiger partial charge >= 0.3 is 0 Å². The molecule has 0 saturated heterocycles. The fourth-order valence-corrected chi connectivity index (χ4v) is 1.77. The molecule has 94 valence electrons. The van der Waals surface area contributed by atoms with Gasteiger partial charge in [0.25, 0.3) is 0 Å². The Hall–Kier alpha value is -2.43. The highest BCUT2D eigenvalue weighted by atomic mass is 16.5. The zero-order valence-electron chi connectivity index (χ0n) is 10.2. The van der Waals surface area contributed by atoms with Crippen molar-refractivity contribution >= 4 is 6.21 Å². The van der Waals surface area contributed by atoms with Gasteiger partial charge in [-0.15, -0.1) is 0 Å². The third-order valence-electron chi connectivity index (χ3n) is 2.62. The smallest absolute Gasteiger partial charge is 0.162 e. The molecule has 1 N–H and O–H groups in total. The number of nitrogens with zero attached hydrogens (tertiary/aromatic N) is 2. The van der Waals surface area contributed by atoms with Crippen molar-refractivity contribution in [2.45, 2.75) is 0 Å². The van der Waals surface area contributed by atoms with E-state index in [1.807, 2.05) is 41.1 Å². The summed E-state index contributed by atoms with van der Waals surface area (Å²) >= 11 is 0. The molecule has 0 amide bonds. The van der Waals surface area contributed by atoms with Crippen LogP contribution in [0, 0.1) is 0 Å². The summed E-state index contributed by atoms with van der Waals surface area (Å²) in [5.41, 5.74) is 1.66.